The van der Waals surface area contributed by atoms with E-state index in [2.05, 4.69) is 235 Å². The number of nitrogens with zero attached hydrogens (tertiary/aromatic N) is 1. The summed E-state index contributed by atoms with van der Waals surface area (Å²) in [5.74, 6) is 0. The Morgan fingerprint density at radius 1 is 0.267 bits per heavy atom. The van der Waals surface area contributed by atoms with E-state index < -0.39 is 0 Å². The number of para-hydroxylation sites is 2. The van der Waals surface area contributed by atoms with Crippen LogP contribution in [-0.2, 0) is 0 Å². The minimum absolute atomic E-state index is 0.858. The van der Waals surface area contributed by atoms with Crippen molar-refractivity contribution in [1.29, 1.82) is 0 Å². The molecule has 60 heavy (non-hydrogen) atoms. The van der Waals surface area contributed by atoms with Gasteiger partial charge >= 0.3 is 0 Å². The lowest BCUT2D eigenvalue weighted by molar-refractivity contribution is 0.669. The van der Waals surface area contributed by atoms with Gasteiger partial charge in [-0.05, 0) is 97.2 Å². The maximum absolute atomic E-state index is 6.48. The molecule has 0 aliphatic heterocycles. The molecule has 10 aromatic carbocycles. The van der Waals surface area contributed by atoms with Gasteiger partial charge in [0, 0.05) is 16.6 Å². The van der Waals surface area contributed by atoms with Gasteiger partial charge in [0.15, 0.2) is 0 Å². The van der Waals surface area contributed by atoms with Gasteiger partial charge in [-0.2, -0.15) is 0 Å². The molecule has 11 rings (SSSR count). The first-order valence-corrected chi connectivity index (χ1v) is 20.5. The van der Waals surface area contributed by atoms with Gasteiger partial charge in [-0.3, -0.25) is 0 Å². The highest BCUT2D eigenvalue weighted by Crippen LogP contribution is 2.48. The van der Waals surface area contributed by atoms with Crippen molar-refractivity contribution < 1.29 is 4.42 Å². The summed E-state index contributed by atoms with van der Waals surface area (Å²) >= 11 is 0. The Morgan fingerprint density at radius 3 is 1.50 bits per heavy atom. The Kier molecular flexibility index (Phi) is 8.87. The van der Waals surface area contributed by atoms with E-state index in [0.29, 0.717) is 0 Å². The average Bonchev–Trinajstić information content (AvgIpc) is 3.72. The maximum Gasteiger partial charge on any atom is 0.137 e. The molecule has 2 nitrogen and oxygen atoms in total. The summed E-state index contributed by atoms with van der Waals surface area (Å²) in [6.07, 6.45) is 0. The van der Waals surface area contributed by atoms with E-state index >= 15 is 0 Å². The van der Waals surface area contributed by atoms with Crippen LogP contribution in [0.5, 0.6) is 0 Å². The van der Waals surface area contributed by atoms with E-state index in [1.807, 2.05) is 6.07 Å². The van der Waals surface area contributed by atoms with Crippen LogP contribution in [0.15, 0.2) is 241 Å². The zero-order chi connectivity index (χ0) is 39.8. The van der Waals surface area contributed by atoms with E-state index in [4.69, 9.17) is 4.42 Å². The minimum Gasteiger partial charge on any atom is -0.456 e. The molecule has 0 N–H and O–H groups in total. The Bertz CT molecular complexity index is 3300. The van der Waals surface area contributed by atoms with E-state index in [-0.39, 0.29) is 0 Å². The van der Waals surface area contributed by atoms with Crippen molar-refractivity contribution in [1.82, 2.24) is 0 Å². The first kappa shape index (κ1) is 35.2. The fourth-order valence-electron chi connectivity index (χ4n) is 8.91. The molecular formula is C58H39NO. The molecule has 0 amide bonds. The third-order valence-electron chi connectivity index (χ3n) is 11.7. The molecule has 282 valence electrons. The number of benzene rings is 10. The Hall–Kier alpha value is -7.94. The zero-order valence-electron chi connectivity index (χ0n) is 32.9. The molecule has 1 aromatic heterocycles. The summed E-state index contributed by atoms with van der Waals surface area (Å²) in [7, 11) is 0. The monoisotopic (exact) mass is 765 g/mol. The molecule has 11 aromatic rings. The Balaban J connectivity index is 1.06. The van der Waals surface area contributed by atoms with Gasteiger partial charge < -0.3 is 9.32 Å². The predicted molar refractivity (Wildman–Crippen MR) is 253 cm³/mol. The van der Waals surface area contributed by atoms with E-state index in [1.165, 1.54) is 49.7 Å². The smallest absolute Gasteiger partial charge is 0.137 e. The Morgan fingerprint density at radius 2 is 0.733 bits per heavy atom. The first-order chi connectivity index (χ1) is 29.8. The van der Waals surface area contributed by atoms with Gasteiger partial charge in [0.1, 0.15) is 11.2 Å². The van der Waals surface area contributed by atoms with Gasteiger partial charge in [-0.15, -0.1) is 0 Å². The van der Waals surface area contributed by atoms with Crippen LogP contribution in [0.25, 0.3) is 88.3 Å². The highest BCUT2D eigenvalue weighted by Gasteiger charge is 2.23. The molecule has 0 atom stereocenters. The topological polar surface area (TPSA) is 16.4 Å². The van der Waals surface area contributed by atoms with Crippen molar-refractivity contribution in [3.05, 3.63) is 237 Å². The molecular weight excluding hydrogens is 727 g/mol. The SMILES string of the molecule is c1ccc(-c2ccccc2-c2ccccc2-c2ccccc2N(c2ccc(-c3ccc(-c4cccc5ccccc45)cc3)cc2)c2cccc3oc4ccccc4c23)cc1. The zero-order valence-corrected chi connectivity index (χ0v) is 32.9. The molecule has 0 radical (unpaired) electrons. The summed E-state index contributed by atoms with van der Waals surface area (Å²) < 4.78 is 6.48. The molecule has 0 aliphatic rings. The second-order valence-electron chi connectivity index (χ2n) is 15.2. The number of rotatable bonds is 8. The van der Waals surface area contributed by atoms with Crippen LogP contribution in [0, 0.1) is 0 Å². The molecule has 0 fully saturated rings. The summed E-state index contributed by atoms with van der Waals surface area (Å²) in [5.41, 5.74) is 16.8. The van der Waals surface area contributed by atoms with Crippen LogP contribution >= 0.6 is 0 Å². The van der Waals surface area contributed by atoms with Crippen molar-refractivity contribution in [2.75, 3.05) is 4.90 Å². The number of hydrogen-bond donors (Lipinski definition) is 0. The molecule has 0 saturated carbocycles. The van der Waals surface area contributed by atoms with E-state index in [9.17, 15) is 0 Å². The lowest BCUT2D eigenvalue weighted by atomic mass is 9.88. The second-order valence-corrected chi connectivity index (χ2v) is 15.2. The molecule has 0 bridgehead atoms. The number of hydrogen-bond acceptors (Lipinski definition) is 2. The average molecular weight is 766 g/mol. The minimum atomic E-state index is 0.858. The number of fused-ring (bicyclic) bond motifs is 4. The summed E-state index contributed by atoms with van der Waals surface area (Å²) in [6, 6.07) is 84.8. The standard InChI is InChI=1S/C58H39NO/c1-2-16-42(17-3-1)48-21-6-7-22-49(48)50-23-8-9-24-51(50)52-25-10-12-28-54(52)59(55-29-15-31-57-58(55)53-26-11-13-30-56(53)60-57)45-38-36-41(37-39-45)40-32-34-44(35-33-40)47-27-14-19-43-18-4-5-20-46(43)47/h1-39H. The van der Waals surface area contributed by atoms with E-state index in [0.717, 1.165) is 55.7 Å². The molecule has 1 heterocycles. The van der Waals surface area contributed by atoms with E-state index in [1.54, 1.807) is 0 Å². The van der Waals surface area contributed by atoms with Crippen LogP contribution < -0.4 is 4.90 Å². The number of anilines is 3. The van der Waals surface area contributed by atoms with Crippen LogP contribution in [0.2, 0.25) is 0 Å². The van der Waals surface area contributed by atoms with Gasteiger partial charge in [-0.1, -0.05) is 200 Å². The lowest BCUT2D eigenvalue weighted by Crippen LogP contribution is -2.11. The fourth-order valence-corrected chi connectivity index (χ4v) is 8.91. The quantitative estimate of drug-likeness (QED) is 0.153. The molecule has 0 spiro atoms. The van der Waals surface area contributed by atoms with Crippen molar-refractivity contribution >= 4 is 49.8 Å². The predicted octanol–water partition coefficient (Wildman–Crippen LogP) is 16.5. The Labute approximate surface area is 349 Å². The van der Waals surface area contributed by atoms with Gasteiger partial charge in [0.2, 0.25) is 0 Å². The molecule has 2 heteroatoms. The third kappa shape index (κ3) is 6.23. The van der Waals surface area contributed by atoms with Crippen molar-refractivity contribution in [2.45, 2.75) is 0 Å². The van der Waals surface area contributed by atoms with Gasteiger partial charge in [-0.25, -0.2) is 0 Å². The lowest BCUT2D eigenvalue weighted by Gasteiger charge is -2.29. The summed E-state index contributed by atoms with van der Waals surface area (Å²) in [6.45, 7) is 0. The van der Waals surface area contributed by atoms with Crippen molar-refractivity contribution in [3.63, 3.8) is 0 Å². The second kappa shape index (κ2) is 15.1. The van der Waals surface area contributed by atoms with Crippen LogP contribution in [0.1, 0.15) is 0 Å². The van der Waals surface area contributed by atoms with Gasteiger partial charge in [0.05, 0.1) is 16.8 Å². The first-order valence-electron chi connectivity index (χ1n) is 20.5. The highest BCUT2D eigenvalue weighted by molar-refractivity contribution is 6.14. The largest absolute Gasteiger partial charge is 0.456 e. The molecule has 0 unspecified atom stereocenters. The normalized spacial score (nSPS) is 11.3. The van der Waals surface area contributed by atoms with Gasteiger partial charge in [0.25, 0.3) is 0 Å². The molecule has 0 aliphatic carbocycles. The van der Waals surface area contributed by atoms with Crippen LogP contribution in [0.3, 0.4) is 0 Å². The van der Waals surface area contributed by atoms with Crippen molar-refractivity contribution in [3.8, 4) is 55.6 Å². The van der Waals surface area contributed by atoms with Crippen molar-refractivity contribution in [2.24, 2.45) is 0 Å². The summed E-state index contributed by atoms with van der Waals surface area (Å²) in [5, 5.41) is 4.69. The molecule has 0 saturated heterocycles. The van der Waals surface area contributed by atoms with Crippen LogP contribution in [0.4, 0.5) is 17.1 Å². The summed E-state index contributed by atoms with van der Waals surface area (Å²) in [4.78, 5) is 2.41. The highest BCUT2D eigenvalue weighted by atomic mass is 16.3. The maximum atomic E-state index is 6.48. The third-order valence-corrected chi connectivity index (χ3v) is 11.7. The fraction of sp³-hybridized carbons (Fsp3) is 0. The van der Waals surface area contributed by atoms with Crippen LogP contribution in [-0.4, -0.2) is 0 Å². The number of furan rings is 1.